The third-order valence-electron chi connectivity index (χ3n) is 5.79. The lowest BCUT2D eigenvalue weighted by Gasteiger charge is -2.49. The van der Waals surface area contributed by atoms with Crippen LogP contribution in [0.5, 0.6) is 0 Å². The first-order chi connectivity index (χ1) is 19.5. The number of nitrogens with two attached hydrogens (primary N) is 1. The van der Waals surface area contributed by atoms with E-state index in [2.05, 4.69) is 20.4 Å². The summed E-state index contributed by atoms with van der Waals surface area (Å²) in [6, 6.07) is 2.64. The van der Waals surface area contributed by atoms with E-state index in [0.717, 1.165) is 16.9 Å². The number of allylic oxidation sites excluding steroid dienone is 1. The molecule has 15 heteroatoms. The molecular formula is C26H28N6O7S2. The fourth-order valence-electron chi connectivity index (χ4n) is 3.75. The molecule has 2 aromatic rings. The number of nitrogen functional groups attached to an aromatic ring is 1. The molecule has 0 radical (unpaired) electrons. The molecule has 2 aliphatic heterocycles. The zero-order chi connectivity index (χ0) is 29.7. The first-order valence-corrected chi connectivity index (χ1v) is 14.2. The second-order valence-corrected chi connectivity index (χ2v) is 11.8. The Morgan fingerprint density at radius 3 is 2.68 bits per heavy atom. The zero-order valence-corrected chi connectivity index (χ0v) is 24.3. The largest absolute Gasteiger partial charge is 0.427 e. The van der Waals surface area contributed by atoms with Crippen LogP contribution in [0, 0.1) is 5.41 Å². The molecular weight excluding hydrogens is 572 g/mol. The van der Waals surface area contributed by atoms with Crippen LogP contribution < -0.4 is 11.1 Å². The fraction of sp³-hybridized carbons (Fsp3) is 0.346. The first kappa shape index (κ1) is 29.7. The van der Waals surface area contributed by atoms with E-state index in [1.165, 1.54) is 23.8 Å². The van der Waals surface area contributed by atoms with Gasteiger partial charge in [-0.2, -0.15) is 0 Å². The van der Waals surface area contributed by atoms with E-state index >= 15 is 0 Å². The van der Waals surface area contributed by atoms with Crippen LogP contribution in [-0.4, -0.2) is 75.4 Å². The molecule has 2 amide bonds. The Bertz CT molecular complexity index is 1430. The number of esters is 2. The van der Waals surface area contributed by atoms with Crippen LogP contribution in [0.2, 0.25) is 0 Å². The first-order valence-electron chi connectivity index (χ1n) is 12.2. The van der Waals surface area contributed by atoms with Crippen molar-refractivity contribution in [1.82, 2.24) is 20.2 Å². The van der Waals surface area contributed by atoms with Crippen molar-refractivity contribution in [3.63, 3.8) is 0 Å². The Morgan fingerprint density at radius 1 is 1.27 bits per heavy atom. The summed E-state index contributed by atoms with van der Waals surface area (Å²) >= 11 is 2.48. The van der Waals surface area contributed by atoms with Gasteiger partial charge in [-0.1, -0.05) is 23.4 Å². The molecule has 0 aliphatic carbocycles. The van der Waals surface area contributed by atoms with Gasteiger partial charge in [0.1, 0.15) is 29.9 Å². The SMILES string of the molecule is CO/N=C(\C(=O)N[C@@H]1C(=O)N2C(C(=O)OCOC(=O)C(C)(C)C)=C(/C=C/c3cccnc3)CS[C@H]12)c1csc(N)n1. The molecule has 216 valence electrons. The summed E-state index contributed by atoms with van der Waals surface area (Å²) in [4.78, 5) is 65.9. The molecule has 1 saturated heterocycles. The van der Waals surface area contributed by atoms with Gasteiger partial charge in [0, 0.05) is 23.5 Å². The molecule has 13 nitrogen and oxygen atoms in total. The number of β-lactam (4-membered cyclic amide) rings is 1. The minimum Gasteiger partial charge on any atom is -0.427 e. The lowest BCUT2D eigenvalue weighted by molar-refractivity contribution is -0.173. The number of nitrogens with zero attached hydrogens (tertiary/aromatic N) is 4. The van der Waals surface area contributed by atoms with Crippen molar-refractivity contribution in [2.45, 2.75) is 32.2 Å². The number of fused-ring (bicyclic) bond motifs is 1. The van der Waals surface area contributed by atoms with Gasteiger partial charge in [0.05, 0.1) is 5.41 Å². The summed E-state index contributed by atoms with van der Waals surface area (Å²) in [5, 5.41) is 7.57. The lowest BCUT2D eigenvalue weighted by Crippen LogP contribution is -2.71. The smallest absolute Gasteiger partial charge is 0.358 e. The van der Waals surface area contributed by atoms with Crippen molar-refractivity contribution in [1.29, 1.82) is 0 Å². The summed E-state index contributed by atoms with van der Waals surface area (Å²) in [6.07, 6.45) is 6.74. The molecule has 0 aromatic carbocycles. The van der Waals surface area contributed by atoms with Crippen molar-refractivity contribution in [3.05, 3.63) is 58.5 Å². The molecule has 4 heterocycles. The number of aromatic nitrogens is 2. The topological polar surface area (TPSA) is 175 Å². The van der Waals surface area contributed by atoms with Crippen LogP contribution in [0.4, 0.5) is 5.13 Å². The Hall–Kier alpha value is -4.24. The normalized spacial score (nSPS) is 19.0. The summed E-state index contributed by atoms with van der Waals surface area (Å²) < 4.78 is 10.3. The summed E-state index contributed by atoms with van der Waals surface area (Å²) in [5.74, 6) is -2.30. The predicted octanol–water partition coefficient (Wildman–Crippen LogP) is 1.93. The maximum Gasteiger partial charge on any atom is 0.358 e. The van der Waals surface area contributed by atoms with E-state index in [0.29, 0.717) is 11.3 Å². The summed E-state index contributed by atoms with van der Waals surface area (Å²) in [6.45, 7) is 4.39. The maximum atomic E-state index is 13.3. The molecule has 0 saturated carbocycles. The van der Waals surface area contributed by atoms with E-state index in [9.17, 15) is 19.2 Å². The van der Waals surface area contributed by atoms with Crippen molar-refractivity contribution in [2.75, 3.05) is 25.4 Å². The van der Waals surface area contributed by atoms with E-state index < -0.39 is 47.4 Å². The number of anilines is 1. The Kier molecular flexibility index (Phi) is 9.08. The quantitative estimate of drug-likeness (QED) is 0.141. The number of carbonyl (C=O) groups is 4. The van der Waals surface area contributed by atoms with E-state index in [1.54, 1.807) is 56.8 Å². The highest BCUT2D eigenvalue weighted by Gasteiger charge is 2.54. The van der Waals surface area contributed by atoms with Crippen LogP contribution in [0.15, 0.2) is 52.4 Å². The number of amides is 2. The van der Waals surface area contributed by atoms with E-state index in [4.69, 9.17) is 20.0 Å². The lowest BCUT2D eigenvalue weighted by atomic mass is 9.98. The van der Waals surface area contributed by atoms with Gasteiger partial charge >= 0.3 is 11.9 Å². The number of ether oxygens (including phenoxy) is 2. The maximum absolute atomic E-state index is 13.3. The second kappa shape index (κ2) is 12.5. The average Bonchev–Trinajstić information content (AvgIpc) is 3.38. The number of hydrogen-bond donors (Lipinski definition) is 2. The monoisotopic (exact) mass is 600 g/mol. The van der Waals surface area contributed by atoms with Crippen molar-refractivity contribution in [3.8, 4) is 0 Å². The molecule has 2 atom stereocenters. The van der Waals surface area contributed by atoms with Gasteiger partial charge in [-0.25, -0.2) is 9.78 Å². The average molecular weight is 601 g/mol. The van der Waals surface area contributed by atoms with Crippen molar-refractivity contribution >= 4 is 63.8 Å². The molecule has 41 heavy (non-hydrogen) atoms. The van der Waals surface area contributed by atoms with Crippen LogP contribution in [0.1, 0.15) is 32.0 Å². The molecule has 3 N–H and O–H groups in total. The van der Waals surface area contributed by atoms with Gasteiger partial charge in [-0.15, -0.1) is 23.1 Å². The number of hydrogen-bond acceptors (Lipinski definition) is 13. The van der Waals surface area contributed by atoms with Crippen LogP contribution in [-0.2, 0) is 33.5 Å². The molecule has 4 rings (SSSR count). The molecule has 2 aromatic heterocycles. The van der Waals surface area contributed by atoms with Crippen molar-refractivity contribution < 1.29 is 33.5 Å². The highest BCUT2D eigenvalue weighted by molar-refractivity contribution is 8.00. The number of thiazole rings is 1. The van der Waals surface area contributed by atoms with Gasteiger partial charge in [0.25, 0.3) is 11.8 Å². The number of rotatable bonds is 9. The molecule has 0 bridgehead atoms. The zero-order valence-electron chi connectivity index (χ0n) is 22.7. The van der Waals surface area contributed by atoms with Gasteiger partial charge in [-0.05, 0) is 38.0 Å². The van der Waals surface area contributed by atoms with Gasteiger partial charge in [0.15, 0.2) is 10.8 Å². The number of thioether (sulfide) groups is 1. The minimum atomic E-state index is -0.962. The fourth-order valence-corrected chi connectivity index (χ4v) is 5.62. The van der Waals surface area contributed by atoms with Gasteiger partial charge in [0.2, 0.25) is 6.79 Å². The van der Waals surface area contributed by atoms with E-state index in [-0.39, 0.29) is 22.2 Å². The van der Waals surface area contributed by atoms with Crippen LogP contribution >= 0.6 is 23.1 Å². The standard InChI is InChI=1S/C26H28N6O7S2/c1-26(2,3)24(36)39-13-38-23(35)19-15(8-7-14-6-5-9-28-10-14)11-40-22-18(21(34)32(19)22)30-20(33)17(31-37-4)16-12-41-25(27)29-16/h5-10,12,18,22H,11,13H2,1-4H3,(H2,27,29)(H,30,33)/b8-7+,31-17-/t18-,22-/m1/s1. The Labute approximate surface area is 243 Å². The highest BCUT2D eigenvalue weighted by Crippen LogP contribution is 2.41. The molecule has 0 spiro atoms. The summed E-state index contributed by atoms with van der Waals surface area (Å²) in [5.41, 5.74) is 6.23. The van der Waals surface area contributed by atoms with Crippen LogP contribution in [0.25, 0.3) is 6.08 Å². The molecule has 2 aliphatic rings. The Balaban J connectivity index is 1.55. The Morgan fingerprint density at radius 2 is 2.05 bits per heavy atom. The van der Waals surface area contributed by atoms with Crippen molar-refractivity contribution in [2.24, 2.45) is 10.6 Å². The number of oxime groups is 1. The summed E-state index contributed by atoms with van der Waals surface area (Å²) in [7, 11) is 1.28. The number of nitrogens with one attached hydrogen (secondary N) is 1. The van der Waals surface area contributed by atoms with Gasteiger partial charge < -0.3 is 25.4 Å². The second-order valence-electron chi connectivity index (χ2n) is 9.78. The molecule has 0 unspecified atom stereocenters. The number of pyridine rings is 1. The predicted molar refractivity (Wildman–Crippen MR) is 152 cm³/mol. The molecule has 1 fully saturated rings. The highest BCUT2D eigenvalue weighted by atomic mass is 32.2. The van der Waals surface area contributed by atoms with Gasteiger partial charge in [-0.3, -0.25) is 24.3 Å². The third-order valence-corrected chi connectivity index (χ3v) is 7.77. The third kappa shape index (κ3) is 6.74. The van der Waals surface area contributed by atoms with Crippen LogP contribution in [0.3, 0.4) is 0 Å². The minimum absolute atomic E-state index is 0.00532. The number of carbonyl (C=O) groups excluding carboxylic acids is 4. The van der Waals surface area contributed by atoms with E-state index in [1.807, 2.05) is 6.07 Å².